The molecule has 1 aromatic carbocycles. The predicted octanol–water partition coefficient (Wildman–Crippen LogP) is 2.56. The molecule has 2 aromatic heterocycles. The molecule has 0 aliphatic heterocycles. The SMILES string of the molecule is Cc1cn2c(=O)cc(COC(=O)c3ccc(F)cc3)nc2s1. The van der Waals surface area contributed by atoms with E-state index in [9.17, 15) is 14.0 Å². The quantitative estimate of drug-likeness (QED) is 0.696. The second-order valence-electron chi connectivity index (χ2n) is 4.66. The van der Waals surface area contributed by atoms with Crippen molar-refractivity contribution in [3.8, 4) is 0 Å². The molecule has 0 amide bonds. The van der Waals surface area contributed by atoms with Gasteiger partial charge in [-0.3, -0.25) is 9.20 Å². The number of aryl methyl sites for hydroxylation is 1. The summed E-state index contributed by atoms with van der Waals surface area (Å²) in [7, 11) is 0. The summed E-state index contributed by atoms with van der Waals surface area (Å²) in [5, 5.41) is 0. The van der Waals surface area contributed by atoms with Crippen LogP contribution in [0.25, 0.3) is 4.96 Å². The zero-order valence-electron chi connectivity index (χ0n) is 11.6. The van der Waals surface area contributed by atoms with Gasteiger partial charge in [0.1, 0.15) is 12.4 Å². The second-order valence-corrected chi connectivity index (χ2v) is 5.88. The standard InChI is InChI=1S/C15H11FN2O3S/c1-9-7-18-13(19)6-12(17-15(18)22-9)8-21-14(20)10-2-4-11(16)5-3-10/h2-7H,8H2,1H3. The number of ether oxygens (including phenoxy) is 1. The molecule has 0 unspecified atom stereocenters. The second kappa shape index (κ2) is 5.69. The molecule has 0 fully saturated rings. The summed E-state index contributed by atoms with van der Waals surface area (Å²) in [6.45, 7) is 1.77. The number of nitrogens with zero attached hydrogens (tertiary/aromatic N) is 2. The van der Waals surface area contributed by atoms with Gasteiger partial charge in [-0.25, -0.2) is 14.2 Å². The van der Waals surface area contributed by atoms with Crippen molar-refractivity contribution in [2.24, 2.45) is 0 Å². The van der Waals surface area contributed by atoms with Gasteiger partial charge < -0.3 is 4.74 Å². The molecular weight excluding hydrogens is 307 g/mol. The maximum absolute atomic E-state index is 12.8. The van der Waals surface area contributed by atoms with Gasteiger partial charge in [-0.2, -0.15) is 0 Å². The first kappa shape index (κ1) is 14.4. The molecule has 0 spiro atoms. The van der Waals surface area contributed by atoms with Gasteiger partial charge in [-0.1, -0.05) is 0 Å². The normalized spacial score (nSPS) is 10.8. The van der Waals surface area contributed by atoms with Crippen LogP contribution in [0.4, 0.5) is 4.39 Å². The average Bonchev–Trinajstić information content (AvgIpc) is 2.86. The van der Waals surface area contributed by atoms with E-state index >= 15 is 0 Å². The lowest BCUT2D eigenvalue weighted by Crippen LogP contribution is -2.14. The van der Waals surface area contributed by atoms with Crippen molar-refractivity contribution in [2.45, 2.75) is 13.5 Å². The van der Waals surface area contributed by atoms with Gasteiger partial charge in [0.25, 0.3) is 5.56 Å². The molecule has 2 heterocycles. The molecule has 0 N–H and O–H groups in total. The van der Waals surface area contributed by atoms with E-state index in [2.05, 4.69) is 4.98 Å². The minimum atomic E-state index is -0.593. The number of hydrogen-bond acceptors (Lipinski definition) is 5. The van der Waals surface area contributed by atoms with Crippen LogP contribution in [-0.2, 0) is 11.3 Å². The van der Waals surface area contributed by atoms with Crippen LogP contribution in [-0.4, -0.2) is 15.4 Å². The minimum absolute atomic E-state index is 0.112. The van der Waals surface area contributed by atoms with E-state index in [1.807, 2.05) is 6.92 Å². The van der Waals surface area contributed by atoms with Crippen LogP contribution in [0.2, 0.25) is 0 Å². The van der Waals surface area contributed by atoms with Gasteiger partial charge >= 0.3 is 5.97 Å². The predicted molar refractivity (Wildman–Crippen MR) is 79.6 cm³/mol. The Labute approximate surface area is 128 Å². The molecule has 0 radical (unpaired) electrons. The number of rotatable bonds is 3. The van der Waals surface area contributed by atoms with Crippen molar-refractivity contribution in [3.05, 3.63) is 68.8 Å². The molecule has 0 aliphatic carbocycles. The highest BCUT2D eigenvalue weighted by molar-refractivity contribution is 7.16. The Kier molecular flexibility index (Phi) is 3.72. The largest absolute Gasteiger partial charge is 0.456 e. The van der Waals surface area contributed by atoms with E-state index in [-0.39, 0.29) is 17.7 Å². The number of carbonyl (C=O) groups is 1. The molecule has 5 nitrogen and oxygen atoms in total. The topological polar surface area (TPSA) is 60.7 Å². The molecule has 0 bridgehead atoms. The highest BCUT2D eigenvalue weighted by atomic mass is 32.1. The first-order valence-electron chi connectivity index (χ1n) is 6.44. The summed E-state index contributed by atoms with van der Waals surface area (Å²) < 4.78 is 19.3. The van der Waals surface area contributed by atoms with Crippen molar-refractivity contribution < 1.29 is 13.9 Å². The zero-order valence-corrected chi connectivity index (χ0v) is 12.4. The molecular formula is C15H11FN2O3S. The summed E-state index contributed by atoms with van der Waals surface area (Å²) in [6.07, 6.45) is 1.71. The van der Waals surface area contributed by atoms with Crippen molar-refractivity contribution in [1.29, 1.82) is 0 Å². The molecule has 7 heteroatoms. The Morgan fingerprint density at radius 1 is 1.36 bits per heavy atom. The number of thiazole rings is 1. The molecule has 0 aliphatic rings. The van der Waals surface area contributed by atoms with Crippen molar-refractivity contribution in [1.82, 2.24) is 9.38 Å². The van der Waals surface area contributed by atoms with Crippen LogP contribution >= 0.6 is 11.3 Å². The molecule has 0 saturated heterocycles. The van der Waals surface area contributed by atoms with Crippen LogP contribution in [0.5, 0.6) is 0 Å². The Hall–Kier alpha value is -2.54. The lowest BCUT2D eigenvalue weighted by atomic mass is 10.2. The fourth-order valence-electron chi connectivity index (χ4n) is 1.94. The summed E-state index contributed by atoms with van der Waals surface area (Å²) >= 11 is 1.38. The van der Waals surface area contributed by atoms with Gasteiger partial charge in [0.05, 0.1) is 11.3 Å². The highest BCUT2D eigenvalue weighted by Gasteiger charge is 2.10. The third-order valence-corrected chi connectivity index (χ3v) is 3.87. The Balaban J connectivity index is 1.77. The van der Waals surface area contributed by atoms with Gasteiger partial charge in [0, 0.05) is 17.1 Å². The fourth-order valence-corrected chi connectivity index (χ4v) is 2.79. The highest BCUT2D eigenvalue weighted by Crippen LogP contribution is 2.13. The number of carbonyl (C=O) groups excluding carboxylic acids is 1. The molecule has 112 valence electrons. The van der Waals surface area contributed by atoms with Gasteiger partial charge in [0.15, 0.2) is 4.96 Å². The van der Waals surface area contributed by atoms with Crippen LogP contribution in [0.1, 0.15) is 20.9 Å². The molecule has 3 rings (SSSR count). The van der Waals surface area contributed by atoms with Gasteiger partial charge in [0.2, 0.25) is 0 Å². The van der Waals surface area contributed by atoms with Crippen LogP contribution in [0, 0.1) is 12.7 Å². The van der Waals surface area contributed by atoms with E-state index in [1.54, 1.807) is 6.20 Å². The smallest absolute Gasteiger partial charge is 0.338 e. The summed E-state index contributed by atoms with van der Waals surface area (Å²) in [6, 6.07) is 6.37. The number of hydrogen-bond donors (Lipinski definition) is 0. The van der Waals surface area contributed by atoms with Crippen LogP contribution in [0.3, 0.4) is 0 Å². The molecule has 22 heavy (non-hydrogen) atoms. The third-order valence-electron chi connectivity index (χ3n) is 2.97. The van der Waals surface area contributed by atoms with Crippen molar-refractivity contribution >= 4 is 22.3 Å². The van der Waals surface area contributed by atoms with Crippen molar-refractivity contribution in [2.75, 3.05) is 0 Å². The van der Waals surface area contributed by atoms with E-state index in [0.717, 1.165) is 4.88 Å². The first-order chi connectivity index (χ1) is 10.5. The van der Waals surface area contributed by atoms with E-state index in [4.69, 9.17) is 4.74 Å². The van der Waals surface area contributed by atoms with Crippen LogP contribution < -0.4 is 5.56 Å². The Morgan fingerprint density at radius 3 is 2.82 bits per heavy atom. The molecule has 0 saturated carbocycles. The summed E-state index contributed by atoms with van der Waals surface area (Å²) in [4.78, 5) is 29.5. The minimum Gasteiger partial charge on any atom is -0.456 e. The molecule has 3 aromatic rings. The van der Waals surface area contributed by atoms with Crippen LogP contribution in [0.15, 0.2) is 41.3 Å². The van der Waals surface area contributed by atoms with Crippen molar-refractivity contribution in [3.63, 3.8) is 0 Å². The number of esters is 1. The van der Waals surface area contributed by atoms with E-state index < -0.39 is 11.8 Å². The number of fused-ring (bicyclic) bond motifs is 1. The zero-order chi connectivity index (χ0) is 15.7. The lowest BCUT2D eigenvalue weighted by Gasteiger charge is -2.04. The first-order valence-corrected chi connectivity index (χ1v) is 7.26. The number of aromatic nitrogens is 2. The lowest BCUT2D eigenvalue weighted by molar-refractivity contribution is 0.0467. The van der Waals surface area contributed by atoms with E-state index in [1.165, 1.54) is 46.1 Å². The Morgan fingerprint density at radius 2 is 2.09 bits per heavy atom. The maximum Gasteiger partial charge on any atom is 0.338 e. The molecule has 0 atom stereocenters. The summed E-state index contributed by atoms with van der Waals surface area (Å²) in [5.74, 6) is -1.02. The maximum atomic E-state index is 12.8. The summed E-state index contributed by atoms with van der Waals surface area (Å²) in [5.41, 5.74) is 0.399. The monoisotopic (exact) mass is 318 g/mol. The third kappa shape index (κ3) is 2.89. The number of benzene rings is 1. The average molecular weight is 318 g/mol. The number of halogens is 1. The fraction of sp³-hybridized carbons (Fsp3) is 0.133. The van der Waals surface area contributed by atoms with Gasteiger partial charge in [-0.15, -0.1) is 11.3 Å². The Bertz CT molecular complexity index is 899. The van der Waals surface area contributed by atoms with E-state index in [0.29, 0.717) is 10.7 Å². The van der Waals surface area contributed by atoms with Gasteiger partial charge in [-0.05, 0) is 31.2 Å².